The molecule has 0 bridgehead atoms. The van der Waals surface area contributed by atoms with Gasteiger partial charge >= 0.3 is 0 Å². The summed E-state index contributed by atoms with van der Waals surface area (Å²) in [5, 5.41) is 10.4. The van der Waals surface area contributed by atoms with E-state index in [-0.39, 0.29) is 18.0 Å². The molecular weight excluding hydrogens is 217 g/mol. The first kappa shape index (κ1) is 12.4. The zero-order valence-corrected chi connectivity index (χ0v) is 8.81. The zero-order valence-electron chi connectivity index (χ0n) is 8.81. The normalized spacial score (nSPS) is 10.1. The number of hydrogen-bond donors (Lipinski definition) is 0. The van der Waals surface area contributed by atoms with E-state index in [4.69, 9.17) is 9.47 Å². The average Bonchev–Trinajstić information content (AvgIpc) is 2.23. The Morgan fingerprint density at radius 1 is 1.38 bits per heavy atom. The number of non-ortho nitro benzene ring substituents is 1. The molecule has 0 spiro atoms. The quantitative estimate of drug-likeness (QED) is 0.426. The van der Waals surface area contributed by atoms with Crippen LogP contribution in [0.15, 0.2) is 18.2 Å². The first-order valence-electron chi connectivity index (χ1n) is 4.79. The number of nitro benzene ring substituents is 1. The Morgan fingerprint density at radius 2 is 2.12 bits per heavy atom. The van der Waals surface area contributed by atoms with Crippen LogP contribution in [0.1, 0.15) is 6.92 Å². The monoisotopic (exact) mass is 229 g/mol. The minimum atomic E-state index is -0.694. The molecule has 0 atom stereocenters. The summed E-state index contributed by atoms with van der Waals surface area (Å²) in [6, 6.07) is 3.11. The lowest BCUT2D eigenvalue weighted by Crippen LogP contribution is -2.06. The summed E-state index contributed by atoms with van der Waals surface area (Å²) >= 11 is 0. The molecule has 88 valence electrons. The summed E-state index contributed by atoms with van der Waals surface area (Å²) in [5.41, 5.74) is -0.327. The lowest BCUT2D eigenvalue weighted by atomic mass is 10.3. The van der Waals surface area contributed by atoms with Gasteiger partial charge in [-0.1, -0.05) is 0 Å². The van der Waals surface area contributed by atoms with Crippen LogP contribution in [0.25, 0.3) is 0 Å². The number of ether oxygens (including phenoxy) is 2. The van der Waals surface area contributed by atoms with E-state index in [1.54, 1.807) is 0 Å². The maximum absolute atomic E-state index is 12.9. The Labute approximate surface area is 91.9 Å². The van der Waals surface area contributed by atoms with Gasteiger partial charge in [0.2, 0.25) is 0 Å². The smallest absolute Gasteiger partial charge is 0.276 e. The van der Waals surface area contributed by atoms with Gasteiger partial charge in [-0.05, 0) is 6.92 Å². The summed E-state index contributed by atoms with van der Waals surface area (Å²) in [4.78, 5) is 9.77. The van der Waals surface area contributed by atoms with Crippen LogP contribution in [0.2, 0.25) is 0 Å². The lowest BCUT2D eigenvalue weighted by molar-refractivity contribution is -0.385. The number of nitro groups is 1. The second-order valence-electron chi connectivity index (χ2n) is 2.95. The van der Waals surface area contributed by atoms with Gasteiger partial charge in [-0.3, -0.25) is 10.1 Å². The molecule has 6 heteroatoms. The minimum absolute atomic E-state index is 0.131. The molecule has 0 saturated heterocycles. The van der Waals surface area contributed by atoms with E-state index in [1.807, 2.05) is 6.92 Å². The standard InChI is InChI=1S/C10H12FNO4/c1-2-15-3-4-16-10-6-8(11)5-9(7-10)12(13)14/h5-7H,2-4H2,1H3. The van der Waals surface area contributed by atoms with Gasteiger partial charge in [0, 0.05) is 12.7 Å². The van der Waals surface area contributed by atoms with Crippen molar-refractivity contribution in [3.05, 3.63) is 34.1 Å². The second kappa shape index (κ2) is 6.02. The maximum atomic E-state index is 12.9. The van der Waals surface area contributed by atoms with Gasteiger partial charge in [0.1, 0.15) is 18.2 Å². The fraction of sp³-hybridized carbons (Fsp3) is 0.400. The molecule has 0 aliphatic heterocycles. The Hall–Kier alpha value is -1.69. The largest absolute Gasteiger partial charge is 0.491 e. The van der Waals surface area contributed by atoms with Crippen molar-refractivity contribution < 1.29 is 18.8 Å². The number of hydrogen-bond acceptors (Lipinski definition) is 4. The van der Waals surface area contributed by atoms with Gasteiger partial charge in [-0.15, -0.1) is 0 Å². The van der Waals surface area contributed by atoms with E-state index in [0.717, 1.165) is 12.1 Å². The molecule has 0 N–H and O–H groups in total. The van der Waals surface area contributed by atoms with E-state index < -0.39 is 10.7 Å². The Balaban J connectivity index is 2.62. The SMILES string of the molecule is CCOCCOc1cc(F)cc([N+](=O)[O-])c1. The molecule has 1 rings (SSSR count). The first-order chi connectivity index (χ1) is 7.63. The minimum Gasteiger partial charge on any atom is -0.491 e. The third-order valence-electron chi connectivity index (χ3n) is 1.77. The molecule has 0 unspecified atom stereocenters. The van der Waals surface area contributed by atoms with Crippen molar-refractivity contribution in [2.24, 2.45) is 0 Å². The second-order valence-corrected chi connectivity index (χ2v) is 2.95. The van der Waals surface area contributed by atoms with E-state index in [1.165, 1.54) is 6.07 Å². The molecule has 0 saturated carbocycles. The highest BCUT2D eigenvalue weighted by Gasteiger charge is 2.10. The predicted octanol–water partition coefficient (Wildman–Crippen LogP) is 2.15. The van der Waals surface area contributed by atoms with Gasteiger partial charge in [0.25, 0.3) is 5.69 Å². The van der Waals surface area contributed by atoms with Crippen molar-refractivity contribution in [2.75, 3.05) is 19.8 Å². The van der Waals surface area contributed by atoms with Crippen molar-refractivity contribution in [3.8, 4) is 5.75 Å². The van der Waals surface area contributed by atoms with E-state index >= 15 is 0 Å². The van der Waals surface area contributed by atoms with Gasteiger partial charge in [-0.2, -0.15) is 0 Å². The van der Waals surface area contributed by atoms with Gasteiger partial charge < -0.3 is 9.47 Å². The van der Waals surface area contributed by atoms with Crippen LogP contribution in [0, 0.1) is 15.9 Å². The topological polar surface area (TPSA) is 61.6 Å². The summed E-state index contributed by atoms with van der Waals surface area (Å²) in [6.45, 7) is 2.99. The molecule has 0 fully saturated rings. The lowest BCUT2D eigenvalue weighted by Gasteiger charge is -2.05. The maximum Gasteiger partial charge on any atom is 0.276 e. The zero-order chi connectivity index (χ0) is 12.0. The highest BCUT2D eigenvalue weighted by molar-refractivity contribution is 5.38. The molecule has 0 aromatic heterocycles. The molecule has 0 heterocycles. The molecule has 5 nitrogen and oxygen atoms in total. The molecule has 0 aliphatic rings. The van der Waals surface area contributed by atoms with Gasteiger partial charge in [0.05, 0.1) is 23.7 Å². The Kier molecular flexibility index (Phi) is 4.65. The first-order valence-corrected chi connectivity index (χ1v) is 4.79. The van der Waals surface area contributed by atoms with Crippen molar-refractivity contribution in [1.29, 1.82) is 0 Å². The molecule has 0 radical (unpaired) electrons. The van der Waals surface area contributed by atoms with Crippen molar-refractivity contribution in [2.45, 2.75) is 6.92 Å². The van der Waals surface area contributed by atoms with E-state index in [0.29, 0.717) is 13.2 Å². The summed E-state index contributed by atoms with van der Waals surface area (Å²) in [5.74, 6) is -0.563. The third-order valence-corrected chi connectivity index (χ3v) is 1.77. The van der Waals surface area contributed by atoms with Crippen LogP contribution in [-0.4, -0.2) is 24.7 Å². The molecule has 1 aromatic carbocycles. The summed E-state index contributed by atoms with van der Waals surface area (Å²) in [6.07, 6.45) is 0. The number of nitrogens with zero attached hydrogens (tertiary/aromatic N) is 1. The van der Waals surface area contributed by atoms with Gasteiger partial charge in [-0.25, -0.2) is 4.39 Å². The highest BCUT2D eigenvalue weighted by Crippen LogP contribution is 2.21. The molecule has 0 aliphatic carbocycles. The molecule has 1 aromatic rings. The average molecular weight is 229 g/mol. The van der Waals surface area contributed by atoms with Crippen molar-refractivity contribution in [3.63, 3.8) is 0 Å². The summed E-state index contributed by atoms with van der Waals surface area (Å²) in [7, 11) is 0. The fourth-order valence-electron chi connectivity index (χ4n) is 1.10. The van der Waals surface area contributed by atoms with Crippen LogP contribution < -0.4 is 4.74 Å². The van der Waals surface area contributed by atoms with Crippen LogP contribution in [-0.2, 0) is 4.74 Å². The number of rotatable bonds is 6. The van der Waals surface area contributed by atoms with Crippen molar-refractivity contribution in [1.82, 2.24) is 0 Å². The summed E-state index contributed by atoms with van der Waals surface area (Å²) < 4.78 is 23.1. The van der Waals surface area contributed by atoms with E-state index in [2.05, 4.69) is 0 Å². The molecule has 0 amide bonds. The van der Waals surface area contributed by atoms with E-state index in [9.17, 15) is 14.5 Å². The fourth-order valence-corrected chi connectivity index (χ4v) is 1.10. The van der Waals surface area contributed by atoms with Gasteiger partial charge in [0.15, 0.2) is 0 Å². The predicted molar refractivity (Wildman–Crippen MR) is 55.0 cm³/mol. The molecular formula is C10H12FNO4. The highest BCUT2D eigenvalue weighted by atomic mass is 19.1. The van der Waals surface area contributed by atoms with Crippen LogP contribution in [0.5, 0.6) is 5.75 Å². The van der Waals surface area contributed by atoms with Crippen LogP contribution in [0.4, 0.5) is 10.1 Å². The third kappa shape index (κ3) is 3.82. The number of halogens is 1. The number of benzene rings is 1. The van der Waals surface area contributed by atoms with Crippen LogP contribution in [0.3, 0.4) is 0 Å². The van der Waals surface area contributed by atoms with Crippen LogP contribution >= 0.6 is 0 Å². The Bertz CT molecular complexity index is 370. The Morgan fingerprint density at radius 3 is 2.75 bits per heavy atom. The molecule has 16 heavy (non-hydrogen) atoms. The van der Waals surface area contributed by atoms with Crippen molar-refractivity contribution >= 4 is 5.69 Å².